The van der Waals surface area contributed by atoms with E-state index >= 15 is 0 Å². The highest BCUT2D eigenvalue weighted by Crippen LogP contribution is 2.28. The lowest BCUT2D eigenvalue weighted by Gasteiger charge is -2.28. The summed E-state index contributed by atoms with van der Waals surface area (Å²) in [6, 6.07) is 4.45. The van der Waals surface area contributed by atoms with Gasteiger partial charge < -0.3 is 9.72 Å². The first-order valence-corrected chi connectivity index (χ1v) is 7.52. The summed E-state index contributed by atoms with van der Waals surface area (Å²) in [6.07, 6.45) is -4.52. The van der Waals surface area contributed by atoms with Crippen molar-refractivity contribution in [1.82, 2.24) is 14.9 Å². The lowest BCUT2D eigenvalue weighted by molar-refractivity contribution is -0.145. The van der Waals surface area contributed by atoms with Crippen LogP contribution in [0.15, 0.2) is 23.0 Å². The highest BCUT2D eigenvalue weighted by molar-refractivity contribution is 5.35. The van der Waals surface area contributed by atoms with Crippen LogP contribution in [0.3, 0.4) is 0 Å². The molecular formula is C16H15F4N3O2. The molecule has 1 aromatic heterocycles. The Hall–Kier alpha value is -2.42. The number of nitrogens with zero attached hydrogens (tertiary/aromatic N) is 2. The number of H-pyrrole nitrogens is 1. The number of methoxy groups -OCH3 is 1. The van der Waals surface area contributed by atoms with Crippen LogP contribution in [0, 0.1) is 5.82 Å². The predicted molar refractivity (Wildman–Crippen MR) is 80.6 cm³/mol. The Bertz CT molecular complexity index is 848. The largest absolute Gasteiger partial charge is 0.496 e. The van der Waals surface area contributed by atoms with Gasteiger partial charge in [-0.3, -0.25) is 9.69 Å². The summed E-state index contributed by atoms with van der Waals surface area (Å²) in [5.74, 6) is -1.35. The number of hydrogen-bond acceptors (Lipinski definition) is 4. The highest BCUT2D eigenvalue weighted by atomic mass is 19.4. The molecule has 9 heteroatoms. The minimum atomic E-state index is -4.70. The van der Waals surface area contributed by atoms with Crippen LogP contribution in [0.1, 0.15) is 22.6 Å². The molecule has 0 spiro atoms. The number of fused-ring (bicyclic) bond motifs is 1. The van der Waals surface area contributed by atoms with Crippen LogP contribution in [0.5, 0.6) is 5.75 Å². The lowest BCUT2D eigenvalue weighted by atomic mass is 10.1. The fraction of sp³-hybridized carbons (Fsp3) is 0.375. The van der Waals surface area contributed by atoms with E-state index in [1.807, 2.05) is 0 Å². The Labute approximate surface area is 140 Å². The van der Waals surface area contributed by atoms with Gasteiger partial charge in [0, 0.05) is 31.6 Å². The van der Waals surface area contributed by atoms with Gasteiger partial charge in [0.1, 0.15) is 11.6 Å². The van der Waals surface area contributed by atoms with Gasteiger partial charge in [-0.15, -0.1) is 0 Å². The first kappa shape index (κ1) is 17.4. The van der Waals surface area contributed by atoms with Gasteiger partial charge in [0.25, 0.3) is 5.56 Å². The van der Waals surface area contributed by atoms with E-state index in [0.717, 1.165) is 0 Å². The van der Waals surface area contributed by atoms with Crippen molar-refractivity contribution >= 4 is 0 Å². The van der Waals surface area contributed by atoms with E-state index in [4.69, 9.17) is 4.74 Å². The lowest BCUT2D eigenvalue weighted by Crippen LogP contribution is -2.36. The summed E-state index contributed by atoms with van der Waals surface area (Å²) in [5.41, 5.74) is -0.172. The summed E-state index contributed by atoms with van der Waals surface area (Å²) >= 11 is 0. The molecule has 2 heterocycles. The normalized spacial score (nSPS) is 15.1. The smallest absolute Gasteiger partial charge is 0.449 e. The van der Waals surface area contributed by atoms with Gasteiger partial charge in [-0.05, 0) is 12.1 Å². The van der Waals surface area contributed by atoms with Crippen LogP contribution in [0.25, 0.3) is 0 Å². The molecule has 2 aromatic rings. The maximum absolute atomic E-state index is 14.0. The Morgan fingerprint density at radius 2 is 2.12 bits per heavy atom. The highest BCUT2D eigenvalue weighted by Gasteiger charge is 2.36. The van der Waals surface area contributed by atoms with Gasteiger partial charge in [0.05, 0.1) is 18.4 Å². The zero-order chi connectivity index (χ0) is 18.2. The van der Waals surface area contributed by atoms with Crippen LogP contribution in [-0.2, 0) is 25.7 Å². The molecule has 0 fully saturated rings. The standard InChI is InChI=1S/C16H15F4N3O2/c1-25-13-4-2-3-11(17)9(13)7-23-6-5-12-10(8-23)14(24)22-15(21-12)16(18,19)20/h2-4H,5-8H2,1H3,(H,21,22,24). The van der Waals surface area contributed by atoms with Crippen LogP contribution in [0.2, 0.25) is 0 Å². The van der Waals surface area contributed by atoms with Gasteiger partial charge in [-0.1, -0.05) is 6.07 Å². The SMILES string of the molecule is COc1cccc(F)c1CN1CCc2nc(C(F)(F)F)[nH]c(=O)c2C1. The third kappa shape index (κ3) is 3.51. The molecule has 134 valence electrons. The second-order valence-corrected chi connectivity index (χ2v) is 5.72. The number of ether oxygens (including phenoxy) is 1. The molecule has 1 aromatic carbocycles. The molecule has 0 aliphatic carbocycles. The third-order valence-electron chi connectivity index (χ3n) is 4.09. The van der Waals surface area contributed by atoms with Crippen molar-refractivity contribution < 1.29 is 22.3 Å². The molecule has 5 nitrogen and oxygen atoms in total. The molecule has 1 aliphatic rings. The van der Waals surface area contributed by atoms with Crippen molar-refractivity contribution in [2.45, 2.75) is 25.7 Å². The second kappa shape index (κ2) is 6.47. The first-order valence-electron chi connectivity index (χ1n) is 7.52. The molecule has 1 aliphatic heterocycles. The Kier molecular flexibility index (Phi) is 4.51. The van der Waals surface area contributed by atoms with Gasteiger partial charge in [0.2, 0.25) is 5.82 Å². The maximum atomic E-state index is 14.0. The van der Waals surface area contributed by atoms with Crippen molar-refractivity contribution in [3.63, 3.8) is 0 Å². The van der Waals surface area contributed by atoms with Gasteiger partial charge in [-0.25, -0.2) is 9.37 Å². The molecule has 0 saturated heterocycles. The number of hydrogen-bond donors (Lipinski definition) is 1. The van der Waals surface area contributed by atoms with Gasteiger partial charge in [0.15, 0.2) is 0 Å². The Balaban J connectivity index is 1.87. The number of aromatic amines is 1. The zero-order valence-corrected chi connectivity index (χ0v) is 13.3. The predicted octanol–water partition coefficient (Wildman–Crippen LogP) is 2.49. The van der Waals surface area contributed by atoms with Crippen molar-refractivity contribution in [3.05, 3.63) is 57.0 Å². The van der Waals surface area contributed by atoms with Crippen LogP contribution < -0.4 is 10.3 Å². The van der Waals surface area contributed by atoms with Crippen molar-refractivity contribution in [3.8, 4) is 5.75 Å². The fourth-order valence-corrected chi connectivity index (χ4v) is 2.86. The summed E-state index contributed by atoms with van der Waals surface area (Å²) in [5, 5.41) is 0. The summed E-state index contributed by atoms with van der Waals surface area (Å²) in [6.45, 7) is 0.626. The average molecular weight is 357 g/mol. The summed E-state index contributed by atoms with van der Waals surface area (Å²) in [7, 11) is 1.43. The van der Waals surface area contributed by atoms with E-state index in [0.29, 0.717) is 17.9 Å². The first-order chi connectivity index (χ1) is 11.8. The second-order valence-electron chi connectivity index (χ2n) is 5.72. The molecule has 1 N–H and O–H groups in total. The number of benzene rings is 1. The molecule has 0 saturated carbocycles. The molecule has 0 unspecified atom stereocenters. The Morgan fingerprint density at radius 3 is 2.80 bits per heavy atom. The van der Waals surface area contributed by atoms with E-state index in [1.54, 1.807) is 16.0 Å². The van der Waals surface area contributed by atoms with Crippen LogP contribution >= 0.6 is 0 Å². The van der Waals surface area contributed by atoms with E-state index in [2.05, 4.69) is 4.98 Å². The zero-order valence-electron chi connectivity index (χ0n) is 13.3. The molecule has 0 amide bonds. The van der Waals surface area contributed by atoms with Crippen molar-refractivity contribution in [2.75, 3.05) is 13.7 Å². The fourth-order valence-electron chi connectivity index (χ4n) is 2.86. The summed E-state index contributed by atoms with van der Waals surface area (Å²) < 4.78 is 57.4. The number of rotatable bonds is 3. The number of halogens is 4. The number of alkyl halides is 3. The quantitative estimate of drug-likeness (QED) is 0.858. The third-order valence-corrected chi connectivity index (χ3v) is 4.09. The molecular weight excluding hydrogens is 342 g/mol. The van der Waals surface area contributed by atoms with Crippen molar-refractivity contribution in [1.29, 1.82) is 0 Å². The molecule has 0 atom stereocenters. The van der Waals surface area contributed by atoms with E-state index in [-0.39, 0.29) is 30.8 Å². The minimum absolute atomic E-state index is 0.0906. The molecule has 25 heavy (non-hydrogen) atoms. The molecule has 0 bridgehead atoms. The van der Waals surface area contributed by atoms with Crippen LogP contribution in [-0.4, -0.2) is 28.5 Å². The van der Waals surface area contributed by atoms with E-state index in [1.165, 1.54) is 19.2 Å². The van der Waals surface area contributed by atoms with Gasteiger partial charge in [-0.2, -0.15) is 13.2 Å². The number of aromatic nitrogens is 2. The Morgan fingerprint density at radius 1 is 1.36 bits per heavy atom. The maximum Gasteiger partial charge on any atom is 0.449 e. The van der Waals surface area contributed by atoms with E-state index < -0.39 is 23.4 Å². The van der Waals surface area contributed by atoms with E-state index in [9.17, 15) is 22.4 Å². The van der Waals surface area contributed by atoms with Crippen LogP contribution in [0.4, 0.5) is 17.6 Å². The molecule has 3 rings (SSSR count). The average Bonchev–Trinajstić information content (AvgIpc) is 2.56. The molecule has 0 radical (unpaired) electrons. The van der Waals surface area contributed by atoms with Crippen molar-refractivity contribution in [2.24, 2.45) is 0 Å². The monoisotopic (exact) mass is 357 g/mol. The topological polar surface area (TPSA) is 58.2 Å². The van der Waals surface area contributed by atoms with Gasteiger partial charge >= 0.3 is 6.18 Å². The summed E-state index contributed by atoms with van der Waals surface area (Å²) in [4.78, 5) is 19.1. The number of nitrogens with one attached hydrogen (secondary N) is 1. The minimum Gasteiger partial charge on any atom is -0.496 e.